The number of aliphatic carboxylic acids is 4. The zero-order valence-electron chi connectivity index (χ0n) is 17.5. The van der Waals surface area contributed by atoms with E-state index < -0.39 is 35.7 Å². The first-order valence-electron chi connectivity index (χ1n) is 10.2. The van der Waals surface area contributed by atoms with E-state index in [1.807, 2.05) is 12.1 Å². The fourth-order valence-corrected chi connectivity index (χ4v) is 6.85. The molecule has 4 N–H and O–H groups in total. The van der Waals surface area contributed by atoms with Crippen molar-refractivity contribution in [2.24, 2.45) is 11.8 Å². The van der Waals surface area contributed by atoms with Crippen molar-refractivity contribution in [3.8, 4) is 0 Å². The summed E-state index contributed by atoms with van der Waals surface area (Å²) in [6, 6.07) is 3.84. The van der Waals surface area contributed by atoms with E-state index in [-0.39, 0.29) is 12.8 Å². The lowest BCUT2D eigenvalue weighted by molar-refractivity contribution is -0.156. The number of aryl methyl sites for hydroxylation is 2. The van der Waals surface area contributed by atoms with E-state index in [4.69, 9.17) is 43.6 Å². The molecule has 0 spiro atoms. The van der Waals surface area contributed by atoms with Crippen LogP contribution in [0.3, 0.4) is 0 Å². The molecule has 3 rings (SSSR count). The second-order valence-corrected chi connectivity index (χ2v) is 10.8. The summed E-state index contributed by atoms with van der Waals surface area (Å²) in [4.78, 5) is 45.9. The first kappa shape index (κ1) is 26.2. The Hall–Kier alpha value is -2.40. The summed E-state index contributed by atoms with van der Waals surface area (Å²) in [5.41, 5.74) is 0. The molecule has 0 aliphatic heterocycles. The normalized spacial score (nSPS) is 11.6. The highest BCUT2D eigenvalue weighted by atomic mass is 35.5. The summed E-state index contributed by atoms with van der Waals surface area (Å²) in [6.07, 6.45) is 1.65. The van der Waals surface area contributed by atoms with Crippen LogP contribution in [-0.2, 0) is 32.0 Å². The Bertz CT molecular complexity index is 1150. The summed E-state index contributed by atoms with van der Waals surface area (Å²) in [6.45, 7) is 0. The van der Waals surface area contributed by atoms with Crippen molar-refractivity contribution >= 4 is 89.9 Å². The monoisotopic (exact) mass is 546 g/mol. The van der Waals surface area contributed by atoms with Gasteiger partial charge in [0.2, 0.25) is 0 Å². The minimum absolute atomic E-state index is 0.00410. The zero-order chi connectivity index (χ0) is 25.2. The average Bonchev–Trinajstić information content (AvgIpc) is 3.22. The van der Waals surface area contributed by atoms with E-state index in [0.717, 1.165) is 29.9 Å². The zero-order valence-corrected chi connectivity index (χ0v) is 20.7. The van der Waals surface area contributed by atoms with Gasteiger partial charge in [0.05, 0.1) is 10.0 Å². The summed E-state index contributed by atoms with van der Waals surface area (Å²) < 4.78 is 1.78. The van der Waals surface area contributed by atoms with Crippen LogP contribution in [0, 0.1) is 11.8 Å². The van der Waals surface area contributed by atoms with Crippen molar-refractivity contribution < 1.29 is 39.6 Å². The lowest BCUT2D eigenvalue weighted by atomic mass is 10.0. The molecule has 0 amide bonds. The van der Waals surface area contributed by atoms with Gasteiger partial charge in [0.1, 0.15) is 0 Å². The van der Waals surface area contributed by atoms with Crippen LogP contribution in [0.4, 0.5) is 0 Å². The maximum absolute atomic E-state index is 11.0. The molecule has 0 atom stereocenters. The van der Waals surface area contributed by atoms with Gasteiger partial charge in [-0.1, -0.05) is 23.2 Å². The molecule has 0 bridgehead atoms. The van der Waals surface area contributed by atoms with E-state index in [1.165, 1.54) is 22.7 Å². The fourth-order valence-electron chi connectivity index (χ4n) is 3.69. The van der Waals surface area contributed by atoms with Crippen LogP contribution in [0.1, 0.15) is 35.4 Å². The highest BCUT2D eigenvalue weighted by molar-refractivity contribution is 7.21. The van der Waals surface area contributed by atoms with Crippen molar-refractivity contribution in [3.63, 3.8) is 0 Å². The first-order chi connectivity index (χ1) is 16.0. The van der Waals surface area contributed by atoms with Crippen molar-refractivity contribution in [1.82, 2.24) is 0 Å². The Labute approximate surface area is 211 Å². The highest BCUT2D eigenvalue weighted by Crippen LogP contribution is 2.44. The number of thiophene rings is 2. The Morgan fingerprint density at radius 2 is 1.00 bits per heavy atom. The number of hydrogen-bond acceptors (Lipinski definition) is 6. The molecule has 8 nitrogen and oxygen atoms in total. The first-order valence-corrected chi connectivity index (χ1v) is 12.6. The molecule has 12 heteroatoms. The maximum Gasteiger partial charge on any atom is 0.317 e. The molecule has 0 saturated heterocycles. The third-order valence-corrected chi connectivity index (χ3v) is 9.01. The second kappa shape index (κ2) is 10.9. The van der Waals surface area contributed by atoms with Gasteiger partial charge in [0, 0.05) is 29.9 Å². The van der Waals surface area contributed by atoms with Gasteiger partial charge < -0.3 is 20.4 Å². The summed E-state index contributed by atoms with van der Waals surface area (Å²) in [5.74, 6) is -8.33. The quantitative estimate of drug-likeness (QED) is 0.213. The van der Waals surface area contributed by atoms with Gasteiger partial charge in [-0.2, -0.15) is 0 Å². The van der Waals surface area contributed by atoms with Gasteiger partial charge >= 0.3 is 23.9 Å². The molecule has 2 heterocycles. The molecule has 182 valence electrons. The molecule has 0 unspecified atom stereocenters. The lowest BCUT2D eigenvalue weighted by Gasteiger charge is -2.06. The molecular formula is C22H20Cl2O8S2. The Balaban J connectivity index is 1.76. The standard InChI is InChI=1S/C22H20Cl2O8S2/c23-17-11-7-16-12(18(24)14(34-16)6-2-4-10(21(29)30)22(31)32)8-15(11)33-13(17)5-1-3-9(19(25)26)20(27)28/h7-10H,1-6H2,(H,25,26)(H,27,28)(H,29,30)(H,31,32). The van der Waals surface area contributed by atoms with Crippen LogP contribution < -0.4 is 0 Å². The van der Waals surface area contributed by atoms with E-state index in [9.17, 15) is 19.2 Å². The lowest BCUT2D eigenvalue weighted by Crippen LogP contribution is -2.23. The van der Waals surface area contributed by atoms with Crippen molar-refractivity contribution in [2.45, 2.75) is 38.5 Å². The van der Waals surface area contributed by atoms with Crippen LogP contribution in [0.2, 0.25) is 10.0 Å². The predicted molar refractivity (Wildman–Crippen MR) is 131 cm³/mol. The summed E-state index contributed by atoms with van der Waals surface area (Å²) in [7, 11) is 0. The minimum atomic E-state index is -1.45. The van der Waals surface area contributed by atoms with E-state index in [2.05, 4.69) is 0 Å². The number of carboxylic acids is 4. The molecule has 0 radical (unpaired) electrons. The van der Waals surface area contributed by atoms with Gasteiger partial charge in [-0.25, -0.2) is 0 Å². The van der Waals surface area contributed by atoms with Crippen molar-refractivity contribution in [3.05, 3.63) is 31.9 Å². The molecule has 2 aromatic heterocycles. The number of rotatable bonds is 12. The molecular weight excluding hydrogens is 527 g/mol. The van der Waals surface area contributed by atoms with E-state index in [0.29, 0.717) is 35.7 Å². The van der Waals surface area contributed by atoms with Crippen LogP contribution in [0.25, 0.3) is 20.2 Å². The topological polar surface area (TPSA) is 149 Å². The number of carbonyl (C=O) groups is 4. The van der Waals surface area contributed by atoms with Crippen LogP contribution in [0.15, 0.2) is 12.1 Å². The largest absolute Gasteiger partial charge is 0.481 e. The SMILES string of the molecule is O=C(O)C(CCCc1sc2cc3c(Cl)c(CCCC(C(=O)O)C(=O)O)sc3cc2c1Cl)C(=O)O. The van der Waals surface area contributed by atoms with E-state index >= 15 is 0 Å². The van der Waals surface area contributed by atoms with Crippen molar-refractivity contribution in [1.29, 1.82) is 0 Å². The van der Waals surface area contributed by atoms with Gasteiger partial charge in [-0.15, -0.1) is 22.7 Å². The third-order valence-electron chi connectivity index (χ3n) is 5.50. The summed E-state index contributed by atoms with van der Waals surface area (Å²) >= 11 is 16.0. The maximum atomic E-state index is 11.0. The van der Waals surface area contributed by atoms with Crippen LogP contribution >= 0.6 is 45.9 Å². The number of fused-ring (bicyclic) bond motifs is 2. The molecule has 34 heavy (non-hydrogen) atoms. The Morgan fingerprint density at radius 1 is 0.676 bits per heavy atom. The van der Waals surface area contributed by atoms with Gasteiger partial charge in [0.15, 0.2) is 11.8 Å². The average molecular weight is 547 g/mol. The van der Waals surface area contributed by atoms with E-state index in [1.54, 1.807) is 0 Å². The number of halogens is 2. The smallest absolute Gasteiger partial charge is 0.317 e. The van der Waals surface area contributed by atoms with Gasteiger partial charge in [-0.05, 0) is 50.7 Å². The predicted octanol–water partition coefficient (Wildman–Crippen LogP) is 5.64. The van der Waals surface area contributed by atoms with Crippen LogP contribution in [-0.4, -0.2) is 44.3 Å². The van der Waals surface area contributed by atoms with Gasteiger partial charge in [0.25, 0.3) is 0 Å². The molecule has 1 aromatic carbocycles. The highest BCUT2D eigenvalue weighted by Gasteiger charge is 2.26. The number of carboxylic acid groups (broad SMARTS) is 4. The van der Waals surface area contributed by atoms with Gasteiger partial charge in [-0.3, -0.25) is 19.2 Å². The third kappa shape index (κ3) is 5.63. The molecule has 0 aliphatic rings. The molecule has 0 saturated carbocycles. The molecule has 0 aliphatic carbocycles. The fraction of sp³-hybridized carbons (Fsp3) is 0.364. The summed E-state index contributed by atoms with van der Waals surface area (Å²) in [5, 5.41) is 38.7. The Morgan fingerprint density at radius 3 is 1.29 bits per heavy atom. The number of benzene rings is 1. The van der Waals surface area contributed by atoms with Crippen molar-refractivity contribution in [2.75, 3.05) is 0 Å². The molecule has 0 fully saturated rings. The Kier molecular flexibility index (Phi) is 8.40. The van der Waals surface area contributed by atoms with Crippen LogP contribution in [0.5, 0.6) is 0 Å². The molecule has 3 aromatic rings. The second-order valence-electron chi connectivity index (χ2n) is 7.77. The number of hydrogen-bond donors (Lipinski definition) is 4. The minimum Gasteiger partial charge on any atom is -0.481 e.